The van der Waals surface area contributed by atoms with Crippen LogP contribution in [0.2, 0.25) is 0 Å². The molecule has 32 heavy (non-hydrogen) atoms. The molecule has 1 aliphatic heterocycles. The van der Waals surface area contributed by atoms with Crippen LogP contribution in [-0.4, -0.2) is 18.3 Å². The zero-order chi connectivity index (χ0) is 22.1. The van der Waals surface area contributed by atoms with Crippen molar-refractivity contribution in [2.75, 3.05) is 16.8 Å². The third-order valence-electron chi connectivity index (χ3n) is 5.88. The Morgan fingerprint density at radius 3 is 2.62 bits per heavy atom. The molecule has 0 spiro atoms. The third-order valence-corrected chi connectivity index (χ3v) is 5.88. The predicted molar refractivity (Wildman–Crippen MR) is 121 cm³/mol. The summed E-state index contributed by atoms with van der Waals surface area (Å²) in [4.78, 5) is 28.6. The molecular formula is C26H24N2O4. The molecule has 1 N–H and O–H groups in total. The van der Waals surface area contributed by atoms with Gasteiger partial charge >= 0.3 is 0 Å². The maximum absolute atomic E-state index is 13.6. The lowest BCUT2D eigenvalue weighted by Crippen LogP contribution is -2.40. The van der Waals surface area contributed by atoms with Crippen LogP contribution in [0.25, 0.3) is 0 Å². The van der Waals surface area contributed by atoms with Crippen LogP contribution in [-0.2, 0) is 9.59 Å². The molecule has 5 rings (SSSR count). The fourth-order valence-corrected chi connectivity index (χ4v) is 4.51. The molecule has 1 amide bonds. The van der Waals surface area contributed by atoms with E-state index in [0.29, 0.717) is 29.2 Å². The summed E-state index contributed by atoms with van der Waals surface area (Å²) in [5.74, 6) is 1.15. The lowest BCUT2D eigenvalue weighted by atomic mass is 9.83. The number of carbonyl (C=O) groups is 2. The molecule has 0 unspecified atom stereocenters. The third kappa shape index (κ3) is 3.68. The number of furan rings is 1. The number of hydrogen-bond donors (Lipinski definition) is 1. The maximum Gasteiger partial charge on any atom is 0.265 e. The highest BCUT2D eigenvalue weighted by molar-refractivity contribution is 6.06. The molecule has 0 radical (unpaired) electrons. The van der Waals surface area contributed by atoms with Crippen molar-refractivity contribution in [3.05, 3.63) is 90.0 Å². The first kappa shape index (κ1) is 20.1. The van der Waals surface area contributed by atoms with Crippen molar-refractivity contribution in [3.63, 3.8) is 0 Å². The van der Waals surface area contributed by atoms with Crippen LogP contribution < -0.4 is 15.0 Å². The summed E-state index contributed by atoms with van der Waals surface area (Å²) in [6.07, 6.45) is 2.74. The van der Waals surface area contributed by atoms with Crippen molar-refractivity contribution in [2.24, 2.45) is 5.92 Å². The minimum absolute atomic E-state index is 0.0298. The highest BCUT2D eigenvalue weighted by atomic mass is 16.5. The number of ether oxygens (including phenoxy) is 1. The van der Waals surface area contributed by atoms with Gasteiger partial charge in [-0.1, -0.05) is 37.3 Å². The van der Waals surface area contributed by atoms with E-state index in [2.05, 4.69) is 12.2 Å². The highest BCUT2D eigenvalue weighted by Gasteiger charge is 2.42. The van der Waals surface area contributed by atoms with Crippen molar-refractivity contribution in [2.45, 2.75) is 25.8 Å². The van der Waals surface area contributed by atoms with Gasteiger partial charge in [0.2, 0.25) is 0 Å². The Morgan fingerprint density at radius 2 is 1.84 bits per heavy atom. The molecule has 0 fully saturated rings. The molecule has 2 aromatic carbocycles. The normalized spacial score (nSPS) is 20.2. The first-order chi connectivity index (χ1) is 15.6. The molecule has 2 aliphatic rings. The monoisotopic (exact) mass is 428 g/mol. The number of carbonyl (C=O) groups excluding carboxylic acids is 2. The number of benzene rings is 2. The Morgan fingerprint density at radius 1 is 1.06 bits per heavy atom. The first-order valence-electron chi connectivity index (χ1n) is 10.8. The van der Waals surface area contributed by atoms with Crippen molar-refractivity contribution < 1.29 is 18.7 Å². The van der Waals surface area contributed by atoms with E-state index < -0.39 is 6.04 Å². The van der Waals surface area contributed by atoms with E-state index in [0.717, 1.165) is 17.8 Å². The Kier molecular flexibility index (Phi) is 5.27. The van der Waals surface area contributed by atoms with Crippen molar-refractivity contribution in [1.82, 2.24) is 0 Å². The molecule has 1 aliphatic carbocycles. The summed E-state index contributed by atoms with van der Waals surface area (Å²) >= 11 is 0. The van der Waals surface area contributed by atoms with E-state index in [1.165, 1.54) is 0 Å². The van der Waals surface area contributed by atoms with Gasteiger partial charge in [-0.25, -0.2) is 0 Å². The van der Waals surface area contributed by atoms with Gasteiger partial charge in [0.05, 0.1) is 17.6 Å². The van der Waals surface area contributed by atoms with Gasteiger partial charge in [0.15, 0.2) is 12.4 Å². The van der Waals surface area contributed by atoms with Crippen molar-refractivity contribution in [3.8, 4) is 5.75 Å². The quantitative estimate of drug-likeness (QED) is 0.625. The molecule has 6 nitrogen and oxygen atoms in total. The van der Waals surface area contributed by atoms with Crippen LogP contribution in [0.4, 0.5) is 11.4 Å². The minimum atomic E-state index is -0.664. The lowest BCUT2D eigenvalue weighted by Gasteiger charge is -2.33. The molecule has 2 atom stereocenters. The maximum atomic E-state index is 13.6. The number of hydrogen-bond acceptors (Lipinski definition) is 5. The average molecular weight is 428 g/mol. The number of ketones is 1. The summed E-state index contributed by atoms with van der Waals surface area (Å²) in [5, 5.41) is 3.46. The largest absolute Gasteiger partial charge is 0.484 e. The number of nitrogens with zero attached hydrogens (tertiary/aromatic N) is 1. The van der Waals surface area contributed by atoms with E-state index in [9.17, 15) is 9.59 Å². The molecular weight excluding hydrogens is 404 g/mol. The van der Waals surface area contributed by atoms with Crippen molar-refractivity contribution >= 4 is 23.1 Å². The summed E-state index contributed by atoms with van der Waals surface area (Å²) in [6, 6.07) is 19.7. The van der Waals surface area contributed by atoms with Gasteiger partial charge in [-0.2, -0.15) is 0 Å². The van der Waals surface area contributed by atoms with Crippen LogP contribution in [0.3, 0.4) is 0 Å². The van der Waals surface area contributed by atoms with E-state index >= 15 is 0 Å². The Hall–Kier alpha value is -3.80. The van der Waals surface area contributed by atoms with Crippen LogP contribution in [0.15, 0.2) is 88.7 Å². The minimum Gasteiger partial charge on any atom is -0.484 e. The second-order valence-corrected chi connectivity index (χ2v) is 8.25. The number of allylic oxidation sites excluding steroid dienone is 1. The number of para-hydroxylation sites is 3. The van der Waals surface area contributed by atoms with Crippen LogP contribution in [0.1, 0.15) is 31.6 Å². The zero-order valence-electron chi connectivity index (χ0n) is 17.8. The molecule has 0 bridgehead atoms. The van der Waals surface area contributed by atoms with Gasteiger partial charge in [0.1, 0.15) is 17.6 Å². The SMILES string of the molecule is C[C@H]1CC(=O)C2=C(C1)Nc1ccccc1N(C(=O)COc1ccccc1)[C@H]2c1ccco1. The van der Waals surface area contributed by atoms with Crippen LogP contribution in [0, 0.1) is 5.92 Å². The molecule has 0 saturated heterocycles. The standard InChI is InChI=1S/C26H24N2O4/c1-17-14-20-25(22(29)15-17)26(23-12-7-13-31-23)28(21-11-6-5-10-19(21)27-20)24(30)16-32-18-8-3-2-4-9-18/h2-13,17,26-27H,14-16H2,1H3/t17-,26+/m1/s1. The van der Waals surface area contributed by atoms with Crippen LogP contribution >= 0.6 is 0 Å². The van der Waals surface area contributed by atoms with E-state index in [-0.39, 0.29) is 24.2 Å². The number of Topliss-reactive ketones (excluding diaryl/α,β-unsaturated/α-hetero) is 1. The molecule has 1 aromatic heterocycles. The van der Waals surface area contributed by atoms with E-state index in [4.69, 9.17) is 9.15 Å². The number of fused-ring (bicyclic) bond motifs is 1. The molecule has 162 valence electrons. The second kappa shape index (κ2) is 8.38. The fourth-order valence-electron chi connectivity index (χ4n) is 4.51. The summed E-state index contributed by atoms with van der Waals surface area (Å²) < 4.78 is 11.5. The average Bonchev–Trinajstić information content (AvgIpc) is 3.27. The van der Waals surface area contributed by atoms with Gasteiger partial charge < -0.3 is 14.5 Å². The smallest absolute Gasteiger partial charge is 0.265 e. The van der Waals surface area contributed by atoms with Crippen LogP contribution in [0.5, 0.6) is 5.75 Å². The fraction of sp³-hybridized carbons (Fsp3) is 0.231. The zero-order valence-corrected chi connectivity index (χ0v) is 17.8. The first-order valence-corrected chi connectivity index (χ1v) is 10.8. The van der Waals surface area contributed by atoms with Gasteiger partial charge in [-0.15, -0.1) is 0 Å². The number of rotatable bonds is 4. The number of anilines is 2. The van der Waals surface area contributed by atoms with Gasteiger partial charge in [0.25, 0.3) is 5.91 Å². The highest BCUT2D eigenvalue weighted by Crippen LogP contribution is 2.45. The van der Waals surface area contributed by atoms with E-state index in [1.54, 1.807) is 17.2 Å². The second-order valence-electron chi connectivity index (χ2n) is 8.25. The van der Waals surface area contributed by atoms with Gasteiger partial charge in [-0.05, 0) is 48.7 Å². The van der Waals surface area contributed by atoms with Gasteiger partial charge in [0, 0.05) is 17.7 Å². The summed E-state index contributed by atoms with van der Waals surface area (Å²) in [6.45, 7) is 1.90. The van der Waals surface area contributed by atoms with Crippen molar-refractivity contribution in [1.29, 1.82) is 0 Å². The molecule has 0 saturated carbocycles. The Balaban J connectivity index is 1.61. The lowest BCUT2D eigenvalue weighted by molar-refractivity contribution is -0.121. The molecule has 2 heterocycles. The number of amides is 1. The Labute approximate surface area is 186 Å². The predicted octanol–water partition coefficient (Wildman–Crippen LogP) is 5.11. The molecule has 6 heteroatoms. The molecule has 3 aromatic rings. The number of nitrogens with one attached hydrogen (secondary N) is 1. The summed E-state index contributed by atoms with van der Waals surface area (Å²) in [5.41, 5.74) is 2.90. The van der Waals surface area contributed by atoms with E-state index in [1.807, 2.05) is 60.7 Å². The topological polar surface area (TPSA) is 71.8 Å². The van der Waals surface area contributed by atoms with Gasteiger partial charge in [-0.3, -0.25) is 14.5 Å². The summed E-state index contributed by atoms with van der Waals surface area (Å²) in [7, 11) is 0. The Bertz CT molecular complexity index is 1170.